The number of hydrogen-bond donors (Lipinski definition) is 0. The molecule has 0 N–H and O–H groups in total. The molecule has 0 unspecified atom stereocenters. The van der Waals surface area contributed by atoms with Crippen molar-refractivity contribution < 1.29 is 8.83 Å². The summed E-state index contributed by atoms with van der Waals surface area (Å²) in [6.45, 7) is 11.2. The van der Waals surface area contributed by atoms with Gasteiger partial charge in [-0.2, -0.15) is 0 Å². The third-order valence-corrected chi connectivity index (χ3v) is 9.82. The van der Waals surface area contributed by atoms with Gasteiger partial charge < -0.3 is 8.83 Å². The Morgan fingerprint density at radius 2 is 1.26 bits per heavy atom. The first-order valence-corrected chi connectivity index (χ1v) is 17.4. The maximum absolute atomic E-state index is 6.83. The predicted molar refractivity (Wildman–Crippen MR) is 205 cm³/mol. The molecule has 0 atom stereocenters. The molecule has 0 aliphatic carbocycles. The second kappa shape index (κ2) is 11.6. The van der Waals surface area contributed by atoms with Crippen LogP contribution in [-0.2, 0) is 0 Å². The molecule has 0 saturated carbocycles. The summed E-state index contributed by atoms with van der Waals surface area (Å²) in [6, 6.07) is 42.3. The highest BCUT2D eigenvalue weighted by Crippen LogP contribution is 2.45. The Morgan fingerprint density at radius 1 is 0.600 bits per heavy atom. The van der Waals surface area contributed by atoms with Crippen molar-refractivity contribution in [3.05, 3.63) is 138 Å². The van der Waals surface area contributed by atoms with Crippen LogP contribution in [-0.4, -0.2) is 14.5 Å². The minimum absolute atomic E-state index is 0.250. The van der Waals surface area contributed by atoms with Crippen LogP contribution >= 0.6 is 0 Å². The van der Waals surface area contributed by atoms with E-state index in [0.717, 1.165) is 61.0 Å². The number of benzene rings is 6. The maximum atomic E-state index is 6.83. The van der Waals surface area contributed by atoms with Crippen LogP contribution in [0, 0.1) is 6.92 Å². The van der Waals surface area contributed by atoms with Crippen LogP contribution in [0.2, 0.25) is 0 Å². The molecule has 9 aromatic rings. The first-order valence-electron chi connectivity index (χ1n) is 17.4. The molecule has 244 valence electrons. The standard InChI is InChI=1S/C45H37N3O2/c1-26(2)33-23-31(29-14-8-6-9-15-29)24-34(27(3)4)42(33)48-37-19-13-12-18-36(37)46-44(48)35-25-39-41(47-45(50-39)30-16-10-7-11-17-30)40-32-21-20-28(5)22-38(32)49-43(35)40/h6-27H,1-5H3. The van der Waals surface area contributed by atoms with E-state index in [-0.39, 0.29) is 11.8 Å². The highest BCUT2D eigenvalue weighted by atomic mass is 16.4. The molecule has 0 aliphatic rings. The van der Waals surface area contributed by atoms with Crippen LogP contribution in [0.25, 0.3) is 83.7 Å². The molecular formula is C45H37N3O2. The fraction of sp³-hybridized carbons (Fsp3) is 0.156. The lowest BCUT2D eigenvalue weighted by Gasteiger charge is -2.24. The molecule has 3 aromatic heterocycles. The number of aromatic nitrogens is 3. The Kier molecular flexibility index (Phi) is 6.99. The number of rotatable bonds is 6. The van der Waals surface area contributed by atoms with Crippen LogP contribution in [0.4, 0.5) is 0 Å². The van der Waals surface area contributed by atoms with Crippen molar-refractivity contribution in [2.75, 3.05) is 0 Å². The zero-order valence-electron chi connectivity index (χ0n) is 28.9. The molecule has 5 nitrogen and oxygen atoms in total. The van der Waals surface area contributed by atoms with Gasteiger partial charge in [0.25, 0.3) is 0 Å². The molecule has 0 saturated heterocycles. The minimum atomic E-state index is 0.250. The largest absolute Gasteiger partial charge is 0.455 e. The summed E-state index contributed by atoms with van der Waals surface area (Å²) in [6.07, 6.45) is 0. The van der Waals surface area contributed by atoms with Crippen molar-refractivity contribution in [1.82, 2.24) is 14.5 Å². The van der Waals surface area contributed by atoms with E-state index in [1.165, 1.54) is 27.9 Å². The Balaban J connectivity index is 1.41. The number of imidazole rings is 1. The molecule has 9 rings (SSSR count). The number of oxazole rings is 1. The van der Waals surface area contributed by atoms with Crippen molar-refractivity contribution in [3.8, 4) is 39.7 Å². The molecule has 0 amide bonds. The smallest absolute Gasteiger partial charge is 0.227 e. The number of aryl methyl sites for hydroxylation is 1. The summed E-state index contributed by atoms with van der Waals surface area (Å²) in [7, 11) is 0. The summed E-state index contributed by atoms with van der Waals surface area (Å²) >= 11 is 0. The van der Waals surface area contributed by atoms with Gasteiger partial charge in [-0.25, -0.2) is 9.97 Å². The normalized spacial score (nSPS) is 12.1. The number of para-hydroxylation sites is 2. The van der Waals surface area contributed by atoms with Crippen LogP contribution in [0.15, 0.2) is 130 Å². The molecule has 5 heteroatoms. The first-order chi connectivity index (χ1) is 24.4. The molecule has 0 fully saturated rings. The molecular weight excluding hydrogens is 615 g/mol. The van der Waals surface area contributed by atoms with Gasteiger partial charge in [-0.15, -0.1) is 0 Å². The molecule has 0 aliphatic heterocycles. The van der Waals surface area contributed by atoms with Crippen LogP contribution in [0.3, 0.4) is 0 Å². The molecule has 3 heterocycles. The van der Waals surface area contributed by atoms with E-state index in [1.807, 2.05) is 30.3 Å². The number of fused-ring (bicyclic) bond motifs is 6. The van der Waals surface area contributed by atoms with Gasteiger partial charge in [0.2, 0.25) is 5.89 Å². The van der Waals surface area contributed by atoms with E-state index >= 15 is 0 Å². The molecule has 0 bridgehead atoms. The lowest BCUT2D eigenvalue weighted by molar-refractivity contribution is 0.619. The summed E-state index contributed by atoms with van der Waals surface area (Å²) in [4.78, 5) is 10.5. The minimum Gasteiger partial charge on any atom is -0.455 e. The highest BCUT2D eigenvalue weighted by Gasteiger charge is 2.28. The zero-order chi connectivity index (χ0) is 34.1. The Bertz CT molecular complexity index is 2680. The van der Waals surface area contributed by atoms with Gasteiger partial charge in [-0.1, -0.05) is 100 Å². The van der Waals surface area contributed by atoms with Crippen molar-refractivity contribution >= 4 is 44.1 Å². The molecule has 0 spiro atoms. The van der Waals surface area contributed by atoms with Gasteiger partial charge >= 0.3 is 0 Å². The second-order valence-electron chi connectivity index (χ2n) is 13.9. The van der Waals surface area contributed by atoms with E-state index in [4.69, 9.17) is 18.8 Å². The quantitative estimate of drug-likeness (QED) is 0.179. The SMILES string of the molecule is Cc1ccc2c(c1)oc1c(-c3nc4ccccc4n3-c3c(C(C)C)cc(-c4ccccc4)cc3C(C)C)cc3oc(-c4ccccc4)nc3c12. The van der Waals surface area contributed by atoms with Crippen molar-refractivity contribution in [2.24, 2.45) is 0 Å². The fourth-order valence-electron chi connectivity index (χ4n) is 7.35. The second-order valence-corrected chi connectivity index (χ2v) is 13.9. The Hall–Kier alpha value is -5.94. The lowest BCUT2D eigenvalue weighted by Crippen LogP contribution is -2.09. The van der Waals surface area contributed by atoms with Gasteiger partial charge in [0, 0.05) is 10.9 Å². The highest BCUT2D eigenvalue weighted by molar-refractivity contribution is 6.20. The summed E-state index contributed by atoms with van der Waals surface area (Å²) in [5.74, 6) is 1.89. The van der Waals surface area contributed by atoms with Crippen LogP contribution in [0.1, 0.15) is 56.2 Å². The van der Waals surface area contributed by atoms with E-state index < -0.39 is 0 Å². The van der Waals surface area contributed by atoms with Crippen molar-refractivity contribution in [1.29, 1.82) is 0 Å². The average Bonchev–Trinajstić information content (AvgIpc) is 3.84. The summed E-state index contributed by atoms with van der Waals surface area (Å²) in [5.41, 5.74) is 14.1. The molecule has 50 heavy (non-hydrogen) atoms. The third-order valence-electron chi connectivity index (χ3n) is 9.82. The van der Waals surface area contributed by atoms with E-state index in [0.29, 0.717) is 11.5 Å². The molecule has 0 radical (unpaired) electrons. The van der Waals surface area contributed by atoms with Crippen molar-refractivity contribution in [3.63, 3.8) is 0 Å². The van der Waals surface area contributed by atoms with E-state index in [1.54, 1.807) is 0 Å². The van der Waals surface area contributed by atoms with Gasteiger partial charge in [0.15, 0.2) is 5.58 Å². The van der Waals surface area contributed by atoms with Crippen molar-refractivity contribution in [2.45, 2.75) is 46.5 Å². The summed E-state index contributed by atoms with van der Waals surface area (Å²) in [5, 5.41) is 1.94. The Morgan fingerprint density at radius 3 is 1.96 bits per heavy atom. The predicted octanol–water partition coefficient (Wildman–Crippen LogP) is 12.6. The van der Waals surface area contributed by atoms with Crippen LogP contribution < -0.4 is 0 Å². The zero-order valence-corrected chi connectivity index (χ0v) is 28.9. The maximum Gasteiger partial charge on any atom is 0.227 e. The first kappa shape index (κ1) is 30.1. The average molecular weight is 652 g/mol. The molecule has 6 aromatic carbocycles. The van der Waals surface area contributed by atoms with Gasteiger partial charge in [0.1, 0.15) is 22.5 Å². The van der Waals surface area contributed by atoms with Crippen LogP contribution in [0.5, 0.6) is 0 Å². The topological polar surface area (TPSA) is 57.0 Å². The van der Waals surface area contributed by atoms with Gasteiger partial charge in [-0.3, -0.25) is 4.57 Å². The van der Waals surface area contributed by atoms with E-state index in [2.05, 4.69) is 130 Å². The fourth-order valence-corrected chi connectivity index (χ4v) is 7.35. The summed E-state index contributed by atoms with van der Waals surface area (Å²) < 4.78 is 15.8. The van der Waals surface area contributed by atoms with Gasteiger partial charge in [0.05, 0.1) is 27.7 Å². The number of furan rings is 1. The number of nitrogens with zero attached hydrogens (tertiary/aromatic N) is 3. The third kappa shape index (κ3) is 4.76. The number of hydrogen-bond acceptors (Lipinski definition) is 4. The van der Waals surface area contributed by atoms with Gasteiger partial charge in [-0.05, 0) is 95.1 Å². The Labute approximate surface area is 290 Å². The van der Waals surface area contributed by atoms with E-state index in [9.17, 15) is 0 Å². The lowest BCUT2D eigenvalue weighted by atomic mass is 9.88. The monoisotopic (exact) mass is 651 g/mol.